The highest BCUT2D eigenvalue weighted by atomic mass is 16.5. The minimum Gasteiger partial charge on any atom is -0.477 e. The van der Waals surface area contributed by atoms with Crippen molar-refractivity contribution in [3.05, 3.63) is 24.2 Å². The van der Waals surface area contributed by atoms with Gasteiger partial charge in [-0.15, -0.1) is 0 Å². The van der Waals surface area contributed by atoms with Crippen LogP contribution in [-0.2, 0) is 4.79 Å². The Balaban J connectivity index is 1.82. The van der Waals surface area contributed by atoms with Crippen molar-refractivity contribution in [2.45, 2.75) is 32.7 Å². The third-order valence-corrected chi connectivity index (χ3v) is 3.36. The largest absolute Gasteiger partial charge is 0.477 e. The van der Waals surface area contributed by atoms with E-state index in [1.807, 2.05) is 6.20 Å². The molecule has 116 valence electrons. The number of ether oxygens (including phenoxy) is 1. The third-order valence-electron chi connectivity index (χ3n) is 3.36. The second kappa shape index (κ2) is 6.17. The summed E-state index contributed by atoms with van der Waals surface area (Å²) in [6, 6.07) is 0.355. The first kappa shape index (κ1) is 14.6. The molecule has 1 aliphatic carbocycles. The Morgan fingerprint density at radius 3 is 3.05 bits per heavy atom. The molecule has 0 aliphatic heterocycles. The molecule has 1 fully saturated rings. The molecule has 1 aliphatic rings. The Labute approximate surface area is 129 Å². The lowest BCUT2D eigenvalue weighted by Crippen LogP contribution is -2.22. The molecule has 0 radical (unpaired) electrons. The van der Waals surface area contributed by atoms with E-state index < -0.39 is 0 Å². The Hall–Kier alpha value is -2.37. The van der Waals surface area contributed by atoms with E-state index in [-0.39, 0.29) is 5.91 Å². The van der Waals surface area contributed by atoms with Gasteiger partial charge >= 0.3 is 0 Å². The van der Waals surface area contributed by atoms with Crippen LogP contribution in [0.4, 0.5) is 0 Å². The van der Waals surface area contributed by atoms with Gasteiger partial charge in [-0.2, -0.15) is 0 Å². The topological polar surface area (TPSA) is 79.9 Å². The summed E-state index contributed by atoms with van der Waals surface area (Å²) in [5, 5.41) is 3.72. The van der Waals surface area contributed by atoms with E-state index in [9.17, 15) is 4.79 Å². The van der Waals surface area contributed by atoms with Crippen LogP contribution in [0.15, 0.2) is 18.6 Å². The normalized spacial score (nSPS) is 14.9. The summed E-state index contributed by atoms with van der Waals surface area (Å²) >= 11 is 0. The lowest BCUT2D eigenvalue weighted by atomic mass is 10.2. The van der Waals surface area contributed by atoms with E-state index in [0.29, 0.717) is 30.1 Å². The van der Waals surface area contributed by atoms with Crippen molar-refractivity contribution in [2.75, 3.05) is 6.61 Å². The number of H-pyrrole nitrogens is 1. The first-order chi connectivity index (χ1) is 10.6. The highest BCUT2D eigenvalue weighted by molar-refractivity contribution is 5.97. The monoisotopic (exact) mass is 300 g/mol. The Bertz CT molecular complexity index is 701. The molecule has 2 aromatic heterocycles. The lowest BCUT2D eigenvalue weighted by molar-refractivity contribution is -0.116. The van der Waals surface area contributed by atoms with E-state index in [4.69, 9.17) is 4.74 Å². The first-order valence-corrected chi connectivity index (χ1v) is 7.57. The van der Waals surface area contributed by atoms with Crippen LogP contribution in [0.5, 0.6) is 5.88 Å². The molecular weight excluding hydrogens is 280 g/mol. The number of carbonyl (C=O) groups is 1. The smallest absolute Gasteiger partial charge is 0.244 e. The Morgan fingerprint density at radius 2 is 2.32 bits per heavy atom. The van der Waals surface area contributed by atoms with Gasteiger partial charge in [-0.3, -0.25) is 4.79 Å². The van der Waals surface area contributed by atoms with Gasteiger partial charge in [0.15, 0.2) is 0 Å². The molecule has 0 saturated heterocycles. The number of fused-ring (bicyclic) bond motifs is 1. The van der Waals surface area contributed by atoms with Gasteiger partial charge in [-0.25, -0.2) is 9.97 Å². The average molecular weight is 300 g/mol. The van der Waals surface area contributed by atoms with Crippen LogP contribution in [-0.4, -0.2) is 33.5 Å². The van der Waals surface area contributed by atoms with E-state index in [0.717, 1.165) is 23.8 Å². The fourth-order valence-electron chi connectivity index (χ4n) is 2.09. The Kier molecular flexibility index (Phi) is 4.09. The van der Waals surface area contributed by atoms with Crippen molar-refractivity contribution in [1.29, 1.82) is 0 Å². The number of hydrogen-bond donors (Lipinski definition) is 2. The van der Waals surface area contributed by atoms with Gasteiger partial charge < -0.3 is 15.0 Å². The number of nitrogens with zero attached hydrogens (tertiary/aromatic N) is 2. The van der Waals surface area contributed by atoms with Crippen LogP contribution < -0.4 is 10.1 Å². The van der Waals surface area contributed by atoms with Gasteiger partial charge in [0.1, 0.15) is 12.0 Å². The minimum atomic E-state index is -0.0710. The zero-order chi connectivity index (χ0) is 15.5. The predicted molar refractivity (Wildman–Crippen MR) is 84.4 cm³/mol. The second-order valence-electron chi connectivity index (χ2n) is 5.97. The molecule has 0 atom stereocenters. The van der Waals surface area contributed by atoms with Crippen LogP contribution in [0.25, 0.3) is 17.1 Å². The number of carbonyl (C=O) groups excluding carboxylic acids is 1. The molecule has 2 aromatic rings. The van der Waals surface area contributed by atoms with E-state index >= 15 is 0 Å². The Morgan fingerprint density at radius 1 is 1.50 bits per heavy atom. The summed E-state index contributed by atoms with van der Waals surface area (Å²) in [5.41, 5.74) is 1.55. The number of hydrogen-bond acceptors (Lipinski definition) is 4. The molecule has 2 N–H and O–H groups in total. The number of amides is 1. The van der Waals surface area contributed by atoms with Crippen molar-refractivity contribution in [2.24, 2.45) is 5.92 Å². The molecule has 6 heteroatoms. The standard InChI is InChI=1S/C16H20N4O2/c1-10(2)8-22-16-14-11(7-17-15(14)18-9-19-16)3-6-13(21)20-12-4-5-12/h3,6-7,9-10,12H,4-5,8H2,1-2H3,(H,20,21)(H,17,18,19). The summed E-state index contributed by atoms with van der Waals surface area (Å²) in [4.78, 5) is 23.2. The van der Waals surface area contributed by atoms with Gasteiger partial charge in [0.2, 0.25) is 11.8 Å². The molecule has 1 saturated carbocycles. The fourth-order valence-corrected chi connectivity index (χ4v) is 2.09. The number of aromatic nitrogens is 3. The van der Waals surface area contributed by atoms with Crippen LogP contribution in [0.1, 0.15) is 32.3 Å². The molecule has 0 aromatic carbocycles. The number of aromatic amines is 1. The summed E-state index contributed by atoms with van der Waals surface area (Å²) in [6.45, 7) is 4.75. The molecule has 2 heterocycles. The van der Waals surface area contributed by atoms with Gasteiger partial charge in [0.05, 0.1) is 12.0 Å². The van der Waals surface area contributed by atoms with Gasteiger partial charge in [-0.05, 0) is 24.8 Å². The van der Waals surface area contributed by atoms with Crippen molar-refractivity contribution < 1.29 is 9.53 Å². The molecule has 22 heavy (non-hydrogen) atoms. The quantitative estimate of drug-likeness (QED) is 0.802. The summed E-state index contributed by atoms with van der Waals surface area (Å²) < 4.78 is 5.76. The maximum atomic E-state index is 11.8. The molecular formula is C16H20N4O2. The van der Waals surface area contributed by atoms with Crippen molar-refractivity contribution >= 4 is 23.0 Å². The first-order valence-electron chi connectivity index (χ1n) is 7.57. The summed E-state index contributed by atoms with van der Waals surface area (Å²) in [6.07, 6.45) is 8.74. The molecule has 3 rings (SSSR count). The van der Waals surface area contributed by atoms with Gasteiger partial charge in [0, 0.05) is 23.9 Å². The summed E-state index contributed by atoms with van der Waals surface area (Å²) in [7, 11) is 0. The third kappa shape index (κ3) is 3.44. The molecule has 0 spiro atoms. The molecule has 0 bridgehead atoms. The maximum Gasteiger partial charge on any atom is 0.244 e. The number of nitrogens with one attached hydrogen (secondary N) is 2. The van der Waals surface area contributed by atoms with Gasteiger partial charge in [-0.1, -0.05) is 13.8 Å². The average Bonchev–Trinajstić information content (AvgIpc) is 3.20. The highest BCUT2D eigenvalue weighted by Crippen LogP contribution is 2.26. The zero-order valence-corrected chi connectivity index (χ0v) is 12.8. The van der Waals surface area contributed by atoms with Crippen LogP contribution >= 0.6 is 0 Å². The highest BCUT2D eigenvalue weighted by Gasteiger charge is 2.22. The van der Waals surface area contributed by atoms with E-state index in [1.165, 1.54) is 6.33 Å². The fraction of sp³-hybridized carbons (Fsp3) is 0.438. The van der Waals surface area contributed by atoms with E-state index in [2.05, 4.69) is 34.1 Å². The predicted octanol–water partition coefficient (Wildman–Crippen LogP) is 2.28. The molecule has 1 amide bonds. The van der Waals surface area contributed by atoms with Crippen molar-refractivity contribution in [3.8, 4) is 5.88 Å². The number of rotatable bonds is 6. The maximum absolute atomic E-state index is 11.8. The lowest BCUT2D eigenvalue weighted by Gasteiger charge is -2.08. The van der Waals surface area contributed by atoms with Crippen LogP contribution in [0.2, 0.25) is 0 Å². The van der Waals surface area contributed by atoms with E-state index in [1.54, 1.807) is 12.2 Å². The van der Waals surface area contributed by atoms with Gasteiger partial charge in [0.25, 0.3) is 0 Å². The van der Waals surface area contributed by atoms with Crippen molar-refractivity contribution in [3.63, 3.8) is 0 Å². The zero-order valence-electron chi connectivity index (χ0n) is 12.8. The molecule has 0 unspecified atom stereocenters. The van der Waals surface area contributed by atoms with Crippen LogP contribution in [0, 0.1) is 5.92 Å². The molecule has 6 nitrogen and oxygen atoms in total. The minimum absolute atomic E-state index is 0.0710. The van der Waals surface area contributed by atoms with Crippen molar-refractivity contribution in [1.82, 2.24) is 20.3 Å². The second-order valence-corrected chi connectivity index (χ2v) is 5.97. The van der Waals surface area contributed by atoms with Crippen LogP contribution in [0.3, 0.4) is 0 Å². The summed E-state index contributed by atoms with van der Waals surface area (Å²) in [5.74, 6) is 0.882. The SMILES string of the molecule is CC(C)COc1ncnc2[nH]cc(C=CC(=O)NC3CC3)c12.